The van der Waals surface area contributed by atoms with Crippen LogP contribution in [0.3, 0.4) is 0 Å². The number of nitrogens with two attached hydrogens (primary N) is 1. The summed E-state index contributed by atoms with van der Waals surface area (Å²) < 4.78 is 0. The molecule has 1 fully saturated rings. The number of nitrogens with one attached hydrogen (secondary N) is 1. The van der Waals surface area contributed by atoms with Crippen LogP contribution in [0.15, 0.2) is 0 Å². The number of amides is 2. The van der Waals surface area contributed by atoms with Crippen LogP contribution < -0.4 is 11.1 Å². The molecule has 0 aromatic heterocycles. The van der Waals surface area contributed by atoms with Crippen molar-refractivity contribution >= 4 is 24.2 Å². The lowest BCUT2D eigenvalue weighted by Crippen LogP contribution is -2.45. The fourth-order valence-corrected chi connectivity index (χ4v) is 2.48. The number of nitrogens with zero attached hydrogens (tertiary/aromatic N) is 1. The molecule has 0 aromatic carbocycles. The van der Waals surface area contributed by atoms with Crippen molar-refractivity contribution < 1.29 is 9.59 Å². The van der Waals surface area contributed by atoms with E-state index in [9.17, 15) is 9.59 Å². The Hall–Kier alpha value is -0.810. The van der Waals surface area contributed by atoms with Gasteiger partial charge in [-0.05, 0) is 33.1 Å². The van der Waals surface area contributed by atoms with Crippen molar-refractivity contribution in [2.75, 3.05) is 19.6 Å². The quantitative estimate of drug-likeness (QED) is 0.790. The number of rotatable bonds is 5. The fraction of sp³-hybridized carbons (Fsp3) is 0.846. The van der Waals surface area contributed by atoms with Crippen LogP contribution in [0, 0.1) is 5.92 Å². The molecule has 0 heterocycles. The molecule has 112 valence electrons. The van der Waals surface area contributed by atoms with Crippen molar-refractivity contribution in [1.29, 1.82) is 0 Å². The third-order valence-electron chi connectivity index (χ3n) is 3.47. The number of hydrogen-bond acceptors (Lipinski definition) is 3. The first kappa shape index (κ1) is 18.2. The van der Waals surface area contributed by atoms with Crippen LogP contribution in [0.5, 0.6) is 0 Å². The topological polar surface area (TPSA) is 75.4 Å². The number of likely N-dealkylation sites (N-methyl/N-ethyl adjacent to an activating group) is 2. The van der Waals surface area contributed by atoms with E-state index in [1.807, 2.05) is 13.8 Å². The molecule has 19 heavy (non-hydrogen) atoms. The molecule has 2 atom stereocenters. The highest BCUT2D eigenvalue weighted by Crippen LogP contribution is 2.24. The predicted octanol–water partition coefficient (Wildman–Crippen LogP) is 0.910. The molecule has 2 amide bonds. The maximum Gasteiger partial charge on any atom is 0.239 e. The normalized spacial score (nSPS) is 22.3. The first-order chi connectivity index (χ1) is 8.58. The Morgan fingerprint density at radius 1 is 1.32 bits per heavy atom. The van der Waals surface area contributed by atoms with Gasteiger partial charge in [-0.1, -0.05) is 6.42 Å². The number of carbonyl (C=O) groups excluding carboxylic acids is 2. The van der Waals surface area contributed by atoms with Gasteiger partial charge in [-0.3, -0.25) is 9.59 Å². The van der Waals surface area contributed by atoms with E-state index < -0.39 is 0 Å². The SMILES string of the molecule is CCNC(=O)CN(CC)C(=O)C1CCCC(N)C1.Cl. The maximum absolute atomic E-state index is 12.3. The number of carbonyl (C=O) groups is 2. The second kappa shape index (κ2) is 9.15. The molecule has 1 aliphatic carbocycles. The van der Waals surface area contributed by atoms with Gasteiger partial charge in [0.25, 0.3) is 0 Å². The van der Waals surface area contributed by atoms with Crippen LogP contribution in [-0.4, -0.2) is 42.4 Å². The number of hydrogen-bond donors (Lipinski definition) is 2. The zero-order valence-corrected chi connectivity index (χ0v) is 12.7. The van der Waals surface area contributed by atoms with Gasteiger partial charge in [-0.15, -0.1) is 12.4 Å². The molecule has 6 heteroatoms. The highest BCUT2D eigenvalue weighted by Gasteiger charge is 2.29. The second-order valence-electron chi connectivity index (χ2n) is 4.93. The summed E-state index contributed by atoms with van der Waals surface area (Å²) >= 11 is 0. The summed E-state index contributed by atoms with van der Waals surface area (Å²) in [6, 6.07) is 0.135. The Morgan fingerprint density at radius 3 is 2.53 bits per heavy atom. The van der Waals surface area contributed by atoms with E-state index in [4.69, 9.17) is 5.73 Å². The summed E-state index contributed by atoms with van der Waals surface area (Å²) in [4.78, 5) is 25.5. The van der Waals surface area contributed by atoms with Crippen LogP contribution >= 0.6 is 12.4 Å². The molecule has 1 rings (SSSR count). The minimum absolute atomic E-state index is 0. The van der Waals surface area contributed by atoms with E-state index >= 15 is 0 Å². The van der Waals surface area contributed by atoms with Gasteiger partial charge in [-0.25, -0.2) is 0 Å². The fourth-order valence-electron chi connectivity index (χ4n) is 2.48. The van der Waals surface area contributed by atoms with Crippen LogP contribution in [0.25, 0.3) is 0 Å². The third-order valence-corrected chi connectivity index (χ3v) is 3.47. The summed E-state index contributed by atoms with van der Waals surface area (Å²) in [5.41, 5.74) is 5.90. The largest absolute Gasteiger partial charge is 0.355 e. The first-order valence-electron chi connectivity index (χ1n) is 6.89. The van der Waals surface area contributed by atoms with E-state index in [0.29, 0.717) is 13.1 Å². The Bertz CT molecular complexity index is 300. The minimum Gasteiger partial charge on any atom is -0.355 e. The highest BCUT2D eigenvalue weighted by molar-refractivity contribution is 5.86. The zero-order chi connectivity index (χ0) is 13.5. The van der Waals surface area contributed by atoms with Crippen molar-refractivity contribution in [2.24, 2.45) is 11.7 Å². The van der Waals surface area contributed by atoms with E-state index in [2.05, 4.69) is 5.32 Å². The van der Waals surface area contributed by atoms with Crippen LogP contribution in [-0.2, 0) is 9.59 Å². The van der Waals surface area contributed by atoms with Gasteiger partial charge in [0.15, 0.2) is 0 Å². The van der Waals surface area contributed by atoms with Crippen molar-refractivity contribution in [3.05, 3.63) is 0 Å². The van der Waals surface area contributed by atoms with E-state index in [1.165, 1.54) is 0 Å². The van der Waals surface area contributed by atoms with Gasteiger partial charge in [0.1, 0.15) is 0 Å². The summed E-state index contributed by atoms with van der Waals surface area (Å²) in [6.45, 7) is 5.10. The molecule has 0 bridgehead atoms. The zero-order valence-electron chi connectivity index (χ0n) is 11.9. The Kier molecular flexibility index (Phi) is 8.76. The maximum atomic E-state index is 12.3. The molecule has 1 aliphatic rings. The summed E-state index contributed by atoms with van der Waals surface area (Å²) in [5.74, 6) is -0.00478. The van der Waals surface area contributed by atoms with Crippen LogP contribution in [0.1, 0.15) is 39.5 Å². The molecule has 0 spiro atoms. The van der Waals surface area contributed by atoms with Crippen LogP contribution in [0.2, 0.25) is 0 Å². The Morgan fingerprint density at radius 2 is 2.00 bits per heavy atom. The van der Waals surface area contributed by atoms with Crippen LogP contribution in [0.4, 0.5) is 0 Å². The molecule has 0 aliphatic heterocycles. The summed E-state index contributed by atoms with van der Waals surface area (Å²) in [7, 11) is 0. The Labute approximate surface area is 121 Å². The molecule has 3 N–H and O–H groups in total. The molecule has 0 aromatic rings. The van der Waals surface area contributed by atoms with Gasteiger partial charge < -0.3 is 16.0 Å². The molecular weight excluding hydrogens is 266 g/mol. The summed E-state index contributed by atoms with van der Waals surface area (Å²) in [5, 5.41) is 2.72. The van der Waals surface area contributed by atoms with Gasteiger partial charge in [-0.2, -0.15) is 0 Å². The lowest BCUT2D eigenvalue weighted by molar-refractivity contribution is -0.140. The monoisotopic (exact) mass is 291 g/mol. The molecular formula is C13H26ClN3O2. The smallest absolute Gasteiger partial charge is 0.239 e. The molecule has 1 saturated carbocycles. The number of halogens is 1. The average molecular weight is 292 g/mol. The van der Waals surface area contributed by atoms with Crippen molar-refractivity contribution in [3.63, 3.8) is 0 Å². The third kappa shape index (κ3) is 5.78. The summed E-state index contributed by atoms with van der Waals surface area (Å²) in [6.07, 6.45) is 3.67. The van der Waals surface area contributed by atoms with Gasteiger partial charge in [0, 0.05) is 25.0 Å². The first-order valence-corrected chi connectivity index (χ1v) is 6.89. The van der Waals surface area contributed by atoms with Gasteiger partial charge in [0.2, 0.25) is 11.8 Å². The van der Waals surface area contributed by atoms with E-state index in [1.54, 1.807) is 4.90 Å². The van der Waals surface area contributed by atoms with Crippen molar-refractivity contribution in [3.8, 4) is 0 Å². The molecule has 5 nitrogen and oxygen atoms in total. The van der Waals surface area contributed by atoms with Gasteiger partial charge >= 0.3 is 0 Å². The highest BCUT2D eigenvalue weighted by atomic mass is 35.5. The van der Waals surface area contributed by atoms with E-state index in [0.717, 1.165) is 25.7 Å². The van der Waals surface area contributed by atoms with Crippen molar-refractivity contribution in [1.82, 2.24) is 10.2 Å². The molecule has 0 saturated heterocycles. The van der Waals surface area contributed by atoms with E-state index in [-0.39, 0.29) is 42.7 Å². The predicted molar refractivity (Wildman–Crippen MR) is 78.1 cm³/mol. The standard InChI is InChI=1S/C13H25N3O2.ClH/c1-3-15-12(17)9-16(4-2)13(18)10-6-5-7-11(14)8-10;/h10-11H,3-9,14H2,1-2H3,(H,15,17);1H. The average Bonchev–Trinajstić information content (AvgIpc) is 2.35. The second-order valence-corrected chi connectivity index (χ2v) is 4.93. The molecule has 0 radical (unpaired) electrons. The van der Waals surface area contributed by atoms with Gasteiger partial charge in [0.05, 0.1) is 6.54 Å². The van der Waals surface area contributed by atoms with Crippen molar-refractivity contribution in [2.45, 2.75) is 45.6 Å². The lowest BCUT2D eigenvalue weighted by atomic mass is 9.85. The Balaban J connectivity index is 0.00000324. The minimum atomic E-state index is -0.0900. The molecule has 2 unspecified atom stereocenters. The lowest BCUT2D eigenvalue weighted by Gasteiger charge is -2.30.